The number of amides is 1. The van der Waals surface area contributed by atoms with Crippen LogP contribution in [0.4, 0.5) is 20.2 Å². The van der Waals surface area contributed by atoms with Crippen LogP contribution in [-0.4, -0.2) is 13.0 Å². The number of hydrogen-bond donors (Lipinski definition) is 2. The molecule has 0 aliphatic rings. The summed E-state index contributed by atoms with van der Waals surface area (Å²) >= 11 is 0. The Labute approximate surface area is 114 Å². The van der Waals surface area contributed by atoms with E-state index >= 15 is 0 Å². The molecule has 0 bridgehead atoms. The predicted molar refractivity (Wildman–Crippen MR) is 71.7 cm³/mol. The summed E-state index contributed by atoms with van der Waals surface area (Å²) in [4.78, 5) is 12.1. The second-order valence-corrected chi connectivity index (χ2v) is 4.04. The summed E-state index contributed by atoms with van der Waals surface area (Å²) in [5.74, 6) is -2.22. The molecule has 0 aliphatic heterocycles. The first-order valence-corrected chi connectivity index (χ1v) is 5.71. The first-order valence-electron chi connectivity index (χ1n) is 5.71. The Morgan fingerprint density at radius 3 is 2.55 bits per heavy atom. The molecule has 0 atom stereocenters. The molecule has 0 saturated carbocycles. The van der Waals surface area contributed by atoms with E-state index in [1.807, 2.05) is 0 Å². The maximum atomic E-state index is 13.1. The van der Waals surface area contributed by atoms with E-state index in [-0.39, 0.29) is 11.3 Å². The van der Waals surface area contributed by atoms with Gasteiger partial charge in [-0.1, -0.05) is 0 Å². The zero-order valence-corrected chi connectivity index (χ0v) is 10.6. The molecule has 6 heteroatoms. The standard InChI is InChI=1S/C14H12F2N2O2/c1-20-13-5-2-8(17)6-10(13)14(19)18-9-3-4-11(15)12(16)7-9/h2-7H,17H2,1H3,(H,18,19). The molecule has 2 rings (SSSR count). The lowest BCUT2D eigenvalue weighted by Gasteiger charge is -2.10. The van der Waals surface area contributed by atoms with Crippen LogP contribution in [0.5, 0.6) is 5.75 Å². The second-order valence-electron chi connectivity index (χ2n) is 4.04. The van der Waals surface area contributed by atoms with Gasteiger partial charge in [-0.25, -0.2) is 8.78 Å². The van der Waals surface area contributed by atoms with Crippen molar-refractivity contribution in [3.05, 3.63) is 53.6 Å². The lowest BCUT2D eigenvalue weighted by Crippen LogP contribution is -2.13. The van der Waals surface area contributed by atoms with E-state index in [1.165, 1.54) is 19.2 Å². The van der Waals surface area contributed by atoms with Crippen LogP contribution in [-0.2, 0) is 0 Å². The third-order valence-corrected chi connectivity index (χ3v) is 2.65. The highest BCUT2D eigenvalue weighted by Crippen LogP contribution is 2.22. The normalized spacial score (nSPS) is 10.2. The average Bonchev–Trinajstić information content (AvgIpc) is 2.43. The van der Waals surface area contributed by atoms with Crippen LogP contribution >= 0.6 is 0 Å². The number of ether oxygens (including phenoxy) is 1. The van der Waals surface area contributed by atoms with Gasteiger partial charge < -0.3 is 15.8 Å². The van der Waals surface area contributed by atoms with Crippen molar-refractivity contribution in [2.24, 2.45) is 0 Å². The van der Waals surface area contributed by atoms with Crippen LogP contribution in [0.1, 0.15) is 10.4 Å². The number of nitrogen functional groups attached to an aromatic ring is 1. The van der Waals surface area contributed by atoms with Gasteiger partial charge >= 0.3 is 0 Å². The fourth-order valence-electron chi connectivity index (χ4n) is 1.68. The average molecular weight is 278 g/mol. The van der Waals surface area contributed by atoms with E-state index < -0.39 is 17.5 Å². The molecule has 0 fully saturated rings. The number of carbonyl (C=O) groups excluding carboxylic acids is 1. The second kappa shape index (κ2) is 5.56. The number of methoxy groups -OCH3 is 1. The lowest BCUT2D eigenvalue weighted by molar-refractivity contribution is 0.102. The Morgan fingerprint density at radius 2 is 1.90 bits per heavy atom. The summed E-state index contributed by atoms with van der Waals surface area (Å²) in [6, 6.07) is 7.67. The summed E-state index contributed by atoms with van der Waals surface area (Å²) in [5.41, 5.74) is 6.35. The van der Waals surface area contributed by atoms with Gasteiger partial charge in [0.1, 0.15) is 5.75 Å². The molecule has 2 aromatic rings. The van der Waals surface area contributed by atoms with E-state index in [1.54, 1.807) is 12.1 Å². The van der Waals surface area contributed by atoms with Crippen molar-refractivity contribution in [2.75, 3.05) is 18.2 Å². The minimum Gasteiger partial charge on any atom is -0.496 e. The number of hydrogen-bond acceptors (Lipinski definition) is 3. The lowest BCUT2D eigenvalue weighted by atomic mass is 10.1. The van der Waals surface area contributed by atoms with Crippen LogP contribution in [0.2, 0.25) is 0 Å². The molecule has 20 heavy (non-hydrogen) atoms. The van der Waals surface area contributed by atoms with Crippen LogP contribution in [0.3, 0.4) is 0 Å². The van der Waals surface area contributed by atoms with Gasteiger partial charge in [-0.15, -0.1) is 0 Å². The Balaban J connectivity index is 2.27. The van der Waals surface area contributed by atoms with Crippen molar-refractivity contribution in [3.8, 4) is 5.75 Å². The Kier molecular flexibility index (Phi) is 3.84. The molecule has 0 aromatic heterocycles. The number of halogens is 2. The zero-order valence-electron chi connectivity index (χ0n) is 10.6. The van der Waals surface area contributed by atoms with Crippen molar-refractivity contribution in [3.63, 3.8) is 0 Å². The minimum atomic E-state index is -1.04. The van der Waals surface area contributed by atoms with Crippen LogP contribution in [0, 0.1) is 11.6 Å². The van der Waals surface area contributed by atoms with Gasteiger partial charge in [-0.2, -0.15) is 0 Å². The van der Waals surface area contributed by atoms with Gasteiger partial charge in [-0.05, 0) is 30.3 Å². The molecule has 1 amide bonds. The minimum absolute atomic E-state index is 0.137. The van der Waals surface area contributed by atoms with Crippen molar-refractivity contribution in [2.45, 2.75) is 0 Å². The third-order valence-electron chi connectivity index (χ3n) is 2.65. The highest BCUT2D eigenvalue weighted by atomic mass is 19.2. The molecular formula is C14H12F2N2O2. The van der Waals surface area contributed by atoms with Gasteiger partial charge in [-0.3, -0.25) is 4.79 Å². The molecule has 0 unspecified atom stereocenters. The van der Waals surface area contributed by atoms with E-state index in [0.29, 0.717) is 11.4 Å². The van der Waals surface area contributed by atoms with Crippen molar-refractivity contribution < 1.29 is 18.3 Å². The zero-order chi connectivity index (χ0) is 14.7. The SMILES string of the molecule is COc1ccc(N)cc1C(=O)Nc1ccc(F)c(F)c1. The summed E-state index contributed by atoms with van der Waals surface area (Å²) in [5, 5.41) is 2.45. The largest absolute Gasteiger partial charge is 0.496 e. The summed E-state index contributed by atoms with van der Waals surface area (Å²) in [6.45, 7) is 0. The number of nitrogens with two attached hydrogens (primary N) is 1. The first-order chi connectivity index (χ1) is 9.51. The smallest absolute Gasteiger partial charge is 0.259 e. The summed E-state index contributed by atoms with van der Waals surface area (Å²) in [7, 11) is 1.42. The molecule has 0 radical (unpaired) electrons. The number of rotatable bonds is 3. The number of benzene rings is 2. The van der Waals surface area contributed by atoms with E-state index in [0.717, 1.165) is 12.1 Å². The predicted octanol–water partition coefficient (Wildman–Crippen LogP) is 2.81. The monoisotopic (exact) mass is 278 g/mol. The maximum Gasteiger partial charge on any atom is 0.259 e. The maximum absolute atomic E-state index is 13.1. The highest BCUT2D eigenvalue weighted by molar-refractivity contribution is 6.06. The van der Waals surface area contributed by atoms with Crippen molar-refractivity contribution >= 4 is 17.3 Å². The highest BCUT2D eigenvalue weighted by Gasteiger charge is 2.13. The third kappa shape index (κ3) is 2.85. The van der Waals surface area contributed by atoms with E-state index in [9.17, 15) is 13.6 Å². The number of carbonyl (C=O) groups is 1. The van der Waals surface area contributed by atoms with Gasteiger partial charge in [0, 0.05) is 17.4 Å². The first kappa shape index (κ1) is 13.8. The van der Waals surface area contributed by atoms with Gasteiger partial charge in [0.05, 0.1) is 12.7 Å². The summed E-state index contributed by atoms with van der Waals surface area (Å²) in [6.07, 6.45) is 0. The van der Waals surface area contributed by atoms with Gasteiger partial charge in [0.15, 0.2) is 11.6 Å². The fourth-order valence-corrected chi connectivity index (χ4v) is 1.68. The Bertz CT molecular complexity index is 660. The molecule has 3 N–H and O–H groups in total. The summed E-state index contributed by atoms with van der Waals surface area (Å²) < 4.78 is 30.9. The van der Waals surface area contributed by atoms with Crippen LogP contribution in [0.15, 0.2) is 36.4 Å². The molecule has 0 aliphatic carbocycles. The molecule has 4 nitrogen and oxygen atoms in total. The number of nitrogens with one attached hydrogen (secondary N) is 1. The number of anilines is 2. The molecule has 0 saturated heterocycles. The molecule has 104 valence electrons. The van der Waals surface area contributed by atoms with Gasteiger partial charge in [0.25, 0.3) is 5.91 Å². The van der Waals surface area contributed by atoms with Crippen LogP contribution in [0.25, 0.3) is 0 Å². The molecule has 0 spiro atoms. The quantitative estimate of drug-likeness (QED) is 0.848. The topological polar surface area (TPSA) is 64.3 Å². The molecule has 0 heterocycles. The van der Waals surface area contributed by atoms with Crippen molar-refractivity contribution in [1.82, 2.24) is 0 Å². The Hall–Kier alpha value is -2.63. The van der Waals surface area contributed by atoms with Crippen LogP contribution < -0.4 is 15.8 Å². The van der Waals surface area contributed by atoms with E-state index in [2.05, 4.69) is 5.32 Å². The Morgan fingerprint density at radius 1 is 1.15 bits per heavy atom. The molecular weight excluding hydrogens is 266 g/mol. The molecule has 2 aromatic carbocycles. The fraction of sp³-hybridized carbons (Fsp3) is 0.0714. The van der Waals surface area contributed by atoms with Crippen molar-refractivity contribution in [1.29, 1.82) is 0 Å². The van der Waals surface area contributed by atoms with E-state index in [4.69, 9.17) is 10.5 Å². The van der Waals surface area contributed by atoms with Gasteiger partial charge in [0.2, 0.25) is 0 Å².